The molecule has 0 spiro atoms. The van der Waals surface area contributed by atoms with Gasteiger partial charge < -0.3 is 5.73 Å². The van der Waals surface area contributed by atoms with Crippen LogP contribution in [0.1, 0.15) is 46.5 Å². The maximum Gasteiger partial charge on any atom is 0.0318 e. The first-order chi connectivity index (χ1) is 6.32. The Morgan fingerprint density at radius 1 is 1.29 bits per heavy atom. The lowest BCUT2D eigenvalue weighted by Crippen LogP contribution is -2.43. The predicted octanol–water partition coefficient (Wildman–Crippen LogP) is 2.86. The molecule has 1 heteroatoms. The lowest BCUT2D eigenvalue weighted by molar-refractivity contribution is 0.147. The molecule has 2 N–H and O–H groups in total. The van der Waals surface area contributed by atoms with E-state index in [1.54, 1.807) is 5.57 Å². The zero-order chi connectivity index (χ0) is 10.2. The van der Waals surface area contributed by atoms with E-state index in [1.165, 1.54) is 25.7 Å². The summed E-state index contributed by atoms with van der Waals surface area (Å²) in [6, 6.07) is 0. The van der Waals surface area contributed by atoms with Crippen LogP contribution in [0.15, 0.2) is 11.6 Å². The summed E-state index contributed by atoms with van der Waals surface area (Å²) in [7, 11) is 0. The summed E-state index contributed by atoms with van der Waals surface area (Å²) in [6.07, 6.45) is 7.66. The SMILES string of the molecule is C[C@]12CC3C(=C[C@](C)(N)C1)C[C@@]3(C)C2. The lowest BCUT2D eigenvalue weighted by atomic mass is 9.58. The molecular weight excluding hydrogens is 170 g/mol. The van der Waals surface area contributed by atoms with Gasteiger partial charge in [-0.25, -0.2) is 0 Å². The van der Waals surface area contributed by atoms with E-state index in [0.717, 1.165) is 5.92 Å². The number of allylic oxidation sites excluding steroid dienone is 1. The van der Waals surface area contributed by atoms with Crippen molar-refractivity contribution in [1.82, 2.24) is 0 Å². The molecule has 3 aliphatic rings. The van der Waals surface area contributed by atoms with Gasteiger partial charge in [0.15, 0.2) is 0 Å². The number of hydrogen-bond acceptors (Lipinski definition) is 1. The van der Waals surface area contributed by atoms with Crippen LogP contribution in [0.5, 0.6) is 0 Å². The van der Waals surface area contributed by atoms with Crippen LogP contribution >= 0.6 is 0 Å². The van der Waals surface area contributed by atoms with Gasteiger partial charge >= 0.3 is 0 Å². The van der Waals surface area contributed by atoms with Crippen LogP contribution in [0.4, 0.5) is 0 Å². The molecule has 2 saturated carbocycles. The molecule has 0 radical (unpaired) electrons. The third-order valence-electron chi connectivity index (χ3n) is 4.75. The summed E-state index contributed by atoms with van der Waals surface area (Å²) < 4.78 is 0. The van der Waals surface area contributed by atoms with Crippen LogP contribution in [-0.2, 0) is 0 Å². The monoisotopic (exact) mass is 191 g/mol. The maximum absolute atomic E-state index is 6.33. The average molecular weight is 191 g/mol. The molecule has 0 saturated heterocycles. The van der Waals surface area contributed by atoms with Crippen molar-refractivity contribution in [2.24, 2.45) is 22.5 Å². The van der Waals surface area contributed by atoms with E-state index >= 15 is 0 Å². The van der Waals surface area contributed by atoms with Gasteiger partial charge in [-0.1, -0.05) is 25.5 Å². The topological polar surface area (TPSA) is 26.0 Å². The van der Waals surface area contributed by atoms with Crippen LogP contribution in [-0.4, -0.2) is 5.54 Å². The standard InChI is InChI=1S/C13H21N/c1-11-6-10-9(4-12(10,2)7-11)5-13(3,14)8-11/h5,10H,4,6-8,14H2,1-3H3/t10?,11-,12+,13+/m1/s1. The van der Waals surface area contributed by atoms with Crippen molar-refractivity contribution in [2.45, 2.75) is 52.0 Å². The van der Waals surface area contributed by atoms with Crippen LogP contribution in [0.25, 0.3) is 0 Å². The molecule has 3 aliphatic carbocycles. The van der Waals surface area contributed by atoms with E-state index in [1.807, 2.05) is 0 Å². The second-order valence-electron chi connectivity index (χ2n) is 6.98. The van der Waals surface area contributed by atoms with Gasteiger partial charge in [0.05, 0.1) is 0 Å². The molecule has 2 bridgehead atoms. The van der Waals surface area contributed by atoms with Crippen molar-refractivity contribution in [3.63, 3.8) is 0 Å². The molecule has 3 rings (SSSR count). The third-order valence-corrected chi connectivity index (χ3v) is 4.75. The van der Waals surface area contributed by atoms with Gasteiger partial charge in [0.1, 0.15) is 0 Å². The van der Waals surface area contributed by atoms with E-state index < -0.39 is 0 Å². The van der Waals surface area contributed by atoms with Crippen molar-refractivity contribution < 1.29 is 0 Å². The van der Waals surface area contributed by atoms with Gasteiger partial charge in [-0.3, -0.25) is 0 Å². The molecule has 2 fully saturated rings. The van der Waals surface area contributed by atoms with E-state index in [-0.39, 0.29) is 5.54 Å². The fourth-order valence-corrected chi connectivity index (χ4v) is 4.81. The summed E-state index contributed by atoms with van der Waals surface area (Å²) in [4.78, 5) is 0. The molecule has 1 unspecified atom stereocenters. The Labute approximate surface area is 86.8 Å². The zero-order valence-electron chi connectivity index (χ0n) is 9.56. The number of fused-ring (bicyclic) bond motifs is 1. The summed E-state index contributed by atoms with van der Waals surface area (Å²) in [6.45, 7) is 7.11. The van der Waals surface area contributed by atoms with Crippen LogP contribution < -0.4 is 5.73 Å². The van der Waals surface area contributed by atoms with E-state index in [2.05, 4.69) is 26.8 Å². The van der Waals surface area contributed by atoms with Crippen molar-refractivity contribution in [2.75, 3.05) is 0 Å². The highest BCUT2D eigenvalue weighted by Crippen LogP contribution is 2.69. The highest BCUT2D eigenvalue weighted by atomic mass is 14.8. The first kappa shape index (κ1) is 8.96. The van der Waals surface area contributed by atoms with Crippen molar-refractivity contribution in [3.8, 4) is 0 Å². The molecule has 78 valence electrons. The van der Waals surface area contributed by atoms with Gasteiger partial charge in [-0.2, -0.15) is 0 Å². The Bertz CT molecular complexity index is 328. The Balaban J connectivity index is 2.07. The predicted molar refractivity (Wildman–Crippen MR) is 58.8 cm³/mol. The van der Waals surface area contributed by atoms with Gasteiger partial charge in [0.25, 0.3) is 0 Å². The summed E-state index contributed by atoms with van der Waals surface area (Å²) >= 11 is 0. The molecule has 14 heavy (non-hydrogen) atoms. The lowest BCUT2D eigenvalue weighted by Gasteiger charge is -2.47. The van der Waals surface area contributed by atoms with Crippen molar-refractivity contribution in [1.29, 1.82) is 0 Å². The molecule has 0 aromatic heterocycles. The smallest absolute Gasteiger partial charge is 0.0318 e. The Hall–Kier alpha value is -0.300. The van der Waals surface area contributed by atoms with Crippen LogP contribution in [0, 0.1) is 16.7 Å². The molecule has 0 amide bonds. The minimum absolute atomic E-state index is 0.0411. The van der Waals surface area contributed by atoms with Crippen LogP contribution in [0.3, 0.4) is 0 Å². The fraction of sp³-hybridized carbons (Fsp3) is 0.846. The highest BCUT2D eigenvalue weighted by Gasteiger charge is 2.59. The van der Waals surface area contributed by atoms with Crippen molar-refractivity contribution >= 4 is 0 Å². The van der Waals surface area contributed by atoms with Gasteiger partial charge in [-0.05, 0) is 49.4 Å². The maximum atomic E-state index is 6.33. The first-order valence-electron chi connectivity index (χ1n) is 5.83. The van der Waals surface area contributed by atoms with Crippen LogP contribution in [0.2, 0.25) is 0 Å². The molecule has 4 atom stereocenters. The Kier molecular flexibility index (Phi) is 1.35. The van der Waals surface area contributed by atoms with E-state index in [9.17, 15) is 0 Å². The molecule has 0 aliphatic heterocycles. The Morgan fingerprint density at radius 3 is 2.71 bits per heavy atom. The number of hydrogen-bond donors (Lipinski definition) is 1. The minimum atomic E-state index is -0.0411. The van der Waals surface area contributed by atoms with E-state index in [4.69, 9.17) is 5.73 Å². The second kappa shape index (κ2) is 2.11. The average Bonchev–Trinajstić information content (AvgIpc) is 2.08. The van der Waals surface area contributed by atoms with Gasteiger partial charge in [-0.15, -0.1) is 0 Å². The van der Waals surface area contributed by atoms with E-state index in [0.29, 0.717) is 10.8 Å². The molecule has 0 aromatic rings. The van der Waals surface area contributed by atoms with Gasteiger partial charge in [0, 0.05) is 5.54 Å². The second-order valence-corrected chi connectivity index (χ2v) is 6.98. The summed E-state index contributed by atoms with van der Waals surface area (Å²) in [5.74, 6) is 0.873. The third kappa shape index (κ3) is 0.995. The fourth-order valence-electron chi connectivity index (χ4n) is 4.81. The summed E-state index contributed by atoms with van der Waals surface area (Å²) in [5, 5.41) is 0. The number of rotatable bonds is 0. The highest BCUT2D eigenvalue weighted by molar-refractivity contribution is 5.33. The largest absolute Gasteiger partial charge is 0.322 e. The minimum Gasteiger partial charge on any atom is -0.322 e. The molecule has 0 heterocycles. The normalized spacial score (nSPS) is 60.3. The quantitative estimate of drug-likeness (QED) is 0.585. The first-order valence-corrected chi connectivity index (χ1v) is 5.83. The Morgan fingerprint density at radius 2 is 2.00 bits per heavy atom. The molecule has 1 nitrogen and oxygen atoms in total. The molecular formula is C13H21N. The number of nitrogens with two attached hydrogens (primary N) is 1. The van der Waals surface area contributed by atoms with Gasteiger partial charge in [0.2, 0.25) is 0 Å². The van der Waals surface area contributed by atoms with Crippen molar-refractivity contribution in [3.05, 3.63) is 11.6 Å². The zero-order valence-corrected chi connectivity index (χ0v) is 9.56. The summed E-state index contributed by atoms with van der Waals surface area (Å²) in [5.41, 5.74) is 9.10. The molecule has 0 aromatic carbocycles.